The first-order valence-corrected chi connectivity index (χ1v) is 6.49. The molecule has 0 unspecified atom stereocenters. The summed E-state index contributed by atoms with van der Waals surface area (Å²) in [7, 11) is 0.212. The summed E-state index contributed by atoms with van der Waals surface area (Å²) in [6.07, 6.45) is 1.79. The molecule has 0 aliphatic heterocycles. The number of amides is 1. The molecule has 0 atom stereocenters. The van der Waals surface area contributed by atoms with Gasteiger partial charge >= 0.3 is 0 Å². The van der Waals surface area contributed by atoms with Crippen LogP contribution in [-0.2, 0) is 4.79 Å². The first-order chi connectivity index (χ1) is 4.81. The molecule has 2 nitrogen and oxygen atoms in total. The highest BCUT2D eigenvalue weighted by Crippen LogP contribution is 1.85. The van der Waals surface area contributed by atoms with Crippen molar-refractivity contribution in [3.05, 3.63) is 0 Å². The van der Waals surface area contributed by atoms with Gasteiger partial charge in [-0.2, -0.15) is 0 Å². The van der Waals surface area contributed by atoms with E-state index in [9.17, 15) is 4.79 Å². The van der Waals surface area contributed by atoms with Gasteiger partial charge in [0.15, 0.2) is 0 Å². The van der Waals surface area contributed by atoms with Crippen LogP contribution in [0.5, 0.6) is 0 Å². The van der Waals surface area contributed by atoms with E-state index in [4.69, 9.17) is 0 Å². The van der Waals surface area contributed by atoms with Gasteiger partial charge in [0.1, 0.15) is 0 Å². The van der Waals surface area contributed by atoms with E-state index in [0.29, 0.717) is 6.42 Å². The molecule has 3 heteroatoms. The molecule has 0 radical (unpaired) electrons. The summed E-state index contributed by atoms with van der Waals surface area (Å²) in [5.41, 5.74) is 0. The molecule has 1 amide bonds. The summed E-state index contributed by atoms with van der Waals surface area (Å²) in [5.74, 6) is 0.178. The third kappa shape index (κ3) is 5.82. The standard InChI is InChI=1S/C7H17NOSi/c1-3-7(9)8-5-4-6-10-2/h3-6,10H2,1-2H3,(H,8,9). The molecule has 0 aromatic heterocycles. The van der Waals surface area contributed by atoms with E-state index in [1.807, 2.05) is 6.92 Å². The van der Waals surface area contributed by atoms with Crippen LogP contribution >= 0.6 is 0 Å². The van der Waals surface area contributed by atoms with E-state index in [-0.39, 0.29) is 15.4 Å². The fourth-order valence-electron chi connectivity index (χ4n) is 0.728. The Morgan fingerprint density at radius 2 is 2.30 bits per heavy atom. The molecule has 0 heterocycles. The zero-order chi connectivity index (χ0) is 7.82. The topological polar surface area (TPSA) is 29.1 Å². The predicted molar refractivity (Wildman–Crippen MR) is 47.1 cm³/mol. The molecule has 60 valence electrons. The smallest absolute Gasteiger partial charge is 0.219 e. The molecule has 0 aliphatic carbocycles. The highest BCUT2D eigenvalue weighted by Gasteiger charge is 1.93. The van der Waals surface area contributed by atoms with Gasteiger partial charge in [-0.25, -0.2) is 0 Å². The summed E-state index contributed by atoms with van der Waals surface area (Å²) in [5, 5.41) is 2.85. The molecule has 0 spiro atoms. The van der Waals surface area contributed by atoms with Crippen LogP contribution in [0.1, 0.15) is 19.8 Å². The summed E-state index contributed by atoms with van der Waals surface area (Å²) < 4.78 is 0. The molecule has 0 aromatic carbocycles. The zero-order valence-corrected chi connectivity index (χ0v) is 8.36. The predicted octanol–water partition coefficient (Wildman–Crippen LogP) is 0.538. The van der Waals surface area contributed by atoms with Crippen molar-refractivity contribution in [1.82, 2.24) is 5.32 Å². The van der Waals surface area contributed by atoms with Gasteiger partial charge < -0.3 is 5.32 Å². The minimum absolute atomic E-state index is 0.178. The van der Waals surface area contributed by atoms with E-state index in [2.05, 4.69) is 11.9 Å². The average Bonchev–Trinajstić information content (AvgIpc) is 1.98. The first-order valence-electron chi connectivity index (χ1n) is 4.08. The number of hydrogen-bond donors (Lipinski definition) is 1. The lowest BCUT2D eigenvalue weighted by Crippen LogP contribution is -2.23. The highest BCUT2D eigenvalue weighted by atomic mass is 28.2. The van der Waals surface area contributed by atoms with Crippen LogP contribution in [0.25, 0.3) is 0 Å². The Kier molecular flexibility index (Phi) is 6.59. The number of nitrogens with one attached hydrogen (secondary N) is 1. The van der Waals surface area contributed by atoms with Gasteiger partial charge in [0.25, 0.3) is 0 Å². The van der Waals surface area contributed by atoms with E-state index in [1.165, 1.54) is 12.5 Å². The van der Waals surface area contributed by atoms with Crippen molar-refractivity contribution < 1.29 is 4.79 Å². The van der Waals surface area contributed by atoms with Gasteiger partial charge in [-0.15, -0.1) is 0 Å². The monoisotopic (exact) mass is 159 g/mol. The van der Waals surface area contributed by atoms with Crippen molar-refractivity contribution in [2.75, 3.05) is 6.54 Å². The van der Waals surface area contributed by atoms with Crippen LogP contribution in [0.3, 0.4) is 0 Å². The number of hydrogen-bond acceptors (Lipinski definition) is 1. The number of rotatable bonds is 5. The Balaban J connectivity index is 2.96. The molecule has 0 saturated carbocycles. The summed E-state index contributed by atoms with van der Waals surface area (Å²) in [6, 6.07) is 1.35. The lowest BCUT2D eigenvalue weighted by atomic mass is 10.4. The lowest BCUT2D eigenvalue weighted by molar-refractivity contribution is -0.120. The second-order valence-electron chi connectivity index (χ2n) is 2.41. The third-order valence-electron chi connectivity index (χ3n) is 1.42. The normalized spacial score (nSPS) is 10.6. The Morgan fingerprint density at radius 3 is 2.80 bits per heavy atom. The fraction of sp³-hybridized carbons (Fsp3) is 0.857. The van der Waals surface area contributed by atoms with E-state index in [1.54, 1.807) is 0 Å². The maximum atomic E-state index is 10.7. The van der Waals surface area contributed by atoms with Crippen LogP contribution in [0.15, 0.2) is 0 Å². The van der Waals surface area contributed by atoms with E-state index in [0.717, 1.165) is 6.54 Å². The fourth-order valence-corrected chi connectivity index (χ4v) is 1.48. The van der Waals surface area contributed by atoms with Crippen LogP contribution in [0.4, 0.5) is 0 Å². The van der Waals surface area contributed by atoms with Crippen molar-refractivity contribution in [1.29, 1.82) is 0 Å². The third-order valence-corrected chi connectivity index (χ3v) is 2.63. The molecule has 0 aromatic rings. The van der Waals surface area contributed by atoms with Gasteiger partial charge in [0, 0.05) is 22.5 Å². The van der Waals surface area contributed by atoms with Crippen LogP contribution in [-0.4, -0.2) is 22.0 Å². The SMILES string of the molecule is CCC(=O)NCCC[SiH2]C. The van der Waals surface area contributed by atoms with Gasteiger partial charge in [0.2, 0.25) is 5.91 Å². The maximum absolute atomic E-state index is 10.7. The van der Waals surface area contributed by atoms with Crippen molar-refractivity contribution in [3.8, 4) is 0 Å². The number of carbonyl (C=O) groups is 1. The molecular formula is C7H17NOSi. The second-order valence-corrected chi connectivity index (χ2v) is 4.12. The summed E-state index contributed by atoms with van der Waals surface area (Å²) in [4.78, 5) is 10.7. The zero-order valence-electron chi connectivity index (χ0n) is 6.94. The van der Waals surface area contributed by atoms with Gasteiger partial charge in [0.05, 0.1) is 0 Å². The number of carbonyl (C=O) groups excluding carboxylic acids is 1. The minimum Gasteiger partial charge on any atom is -0.356 e. The Morgan fingerprint density at radius 1 is 1.60 bits per heavy atom. The van der Waals surface area contributed by atoms with Crippen molar-refractivity contribution in [2.24, 2.45) is 0 Å². The van der Waals surface area contributed by atoms with Gasteiger partial charge in [-0.3, -0.25) is 4.79 Å². The molecule has 0 saturated heterocycles. The Labute approximate surface area is 65.2 Å². The quantitative estimate of drug-likeness (QED) is 0.460. The molecular weight excluding hydrogens is 142 g/mol. The van der Waals surface area contributed by atoms with Gasteiger partial charge in [-0.05, 0) is 6.42 Å². The van der Waals surface area contributed by atoms with Crippen molar-refractivity contribution >= 4 is 15.4 Å². The second kappa shape index (κ2) is 6.80. The van der Waals surface area contributed by atoms with Crippen molar-refractivity contribution in [2.45, 2.75) is 32.4 Å². The highest BCUT2D eigenvalue weighted by molar-refractivity contribution is 6.33. The minimum atomic E-state index is 0.178. The van der Waals surface area contributed by atoms with Crippen molar-refractivity contribution in [3.63, 3.8) is 0 Å². The van der Waals surface area contributed by atoms with Crippen LogP contribution in [0.2, 0.25) is 12.6 Å². The Bertz CT molecular complexity index is 95.6. The van der Waals surface area contributed by atoms with Crippen LogP contribution < -0.4 is 5.32 Å². The molecule has 0 aliphatic rings. The molecule has 1 N–H and O–H groups in total. The summed E-state index contributed by atoms with van der Waals surface area (Å²) >= 11 is 0. The van der Waals surface area contributed by atoms with Gasteiger partial charge in [-0.1, -0.05) is 19.5 Å². The van der Waals surface area contributed by atoms with E-state index < -0.39 is 0 Å². The largest absolute Gasteiger partial charge is 0.356 e. The maximum Gasteiger partial charge on any atom is 0.219 e. The average molecular weight is 159 g/mol. The lowest BCUT2D eigenvalue weighted by Gasteiger charge is -2.00. The molecule has 0 rings (SSSR count). The summed E-state index contributed by atoms with van der Waals surface area (Å²) in [6.45, 7) is 5.05. The van der Waals surface area contributed by atoms with E-state index >= 15 is 0 Å². The first kappa shape index (κ1) is 9.69. The Hall–Kier alpha value is -0.313. The van der Waals surface area contributed by atoms with Crippen LogP contribution in [0, 0.1) is 0 Å². The molecule has 0 fully saturated rings. The molecule has 10 heavy (non-hydrogen) atoms. The molecule has 0 bridgehead atoms.